The molecule has 4 atom stereocenters. The molecule has 10 heteroatoms. The number of piperidine rings is 1. The van der Waals surface area contributed by atoms with Crippen molar-refractivity contribution in [1.82, 2.24) is 9.80 Å². The predicted octanol–water partition coefficient (Wildman–Crippen LogP) is 1.74. The van der Waals surface area contributed by atoms with Crippen molar-refractivity contribution in [3.8, 4) is 5.75 Å². The number of likely N-dealkylation sites (N-methyl/N-ethyl adjacent to an activating group) is 1. The number of nitrogens with zero attached hydrogens (tertiary/aromatic N) is 2. The Bertz CT molecular complexity index is 1330. The average Bonchev–Trinajstić information content (AvgIpc) is 2.82. The Kier molecular flexibility index (Phi) is 6.44. The van der Waals surface area contributed by atoms with Crippen LogP contribution in [0.5, 0.6) is 5.75 Å². The van der Waals surface area contributed by atoms with E-state index < -0.39 is 58.0 Å². The molecule has 0 bridgehead atoms. The van der Waals surface area contributed by atoms with E-state index in [-0.39, 0.29) is 23.3 Å². The Morgan fingerprint density at radius 3 is 2.36 bits per heavy atom. The van der Waals surface area contributed by atoms with Crippen molar-refractivity contribution < 1.29 is 34.8 Å². The van der Waals surface area contributed by atoms with Crippen LogP contribution in [0.15, 0.2) is 34.8 Å². The van der Waals surface area contributed by atoms with Crippen LogP contribution in [0.3, 0.4) is 0 Å². The smallest absolute Gasteiger partial charge is 0.255 e. The number of amides is 1. The molecule has 1 saturated heterocycles. The van der Waals surface area contributed by atoms with Crippen LogP contribution in [-0.2, 0) is 22.6 Å². The van der Waals surface area contributed by atoms with Gasteiger partial charge in [0.2, 0.25) is 5.78 Å². The summed E-state index contributed by atoms with van der Waals surface area (Å²) in [5.41, 5.74) is 3.66. The number of fused-ring (bicyclic) bond motifs is 3. The molecule has 1 aliphatic heterocycles. The van der Waals surface area contributed by atoms with Crippen LogP contribution in [0.2, 0.25) is 0 Å². The highest BCUT2D eigenvalue weighted by Crippen LogP contribution is 2.52. The molecule has 3 aliphatic carbocycles. The minimum atomic E-state index is -2.62. The van der Waals surface area contributed by atoms with Gasteiger partial charge in [0.05, 0.1) is 11.6 Å². The van der Waals surface area contributed by atoms with E-state index in [9.17, 15) is 34.8 Å². The van der Waals surface area contributed by atoms with Crippen LogP contribution in [0, 0.1) is 17.3 Å². The molecule has 0 aromatic heterocycles. The van der Waals surface area contributed by atoms with E-state index in [1.807, 2.05) is 6.07 Å². The zero-order valence-corrected chi connectivity index (χ0v) is 22.8. The number of hydrogen-bond acceptors (Lipinski definition) is 9. The summed E-state index contributed by atoms with van der Waals surface area (Å²) >= 11 is 0. The number of ketones is 2. The number of primary amides is 1. The molecule has 0 unspecified atom stereocenters. The zero-order valence-electron chi connectivity index (χ0n) is 22.8. The number of aliphatic hydroxyl groups excluding tert-OH is 2. The van der Waals surface area contributed by atoms with E-state index in [1.54, 1.807) is 25.1 Å². The van der Waals surface area contributed by atoms with Gasteiger partial charge in [0.15, 0.2) is 11.4 Å². The van der Waals surface area contributed by atoms with Crippen LogP contribution < -0.4 is 5.73 Å². The maximum Gasteiger partial charge on any atom is 0.255 e. The molecule has 1 fully saturated rings. The first-order chi connectivity index (χ1) is 18.2. The Hall–Kier alpha value is -3.21. The first-order valence-corrected chi connectivity index (χ1v) is 13.4. The standard InChI is InChI=1S/C29H37N3O7/c1-28(2)5-7-32(8-6-28)13-14-9-15-11-16-12-17-22(31(3)4)24(35)21(27(30)38)26(37)29(17,39)25(36)20(16)23(34)19(15)18(33)10-14/h9-10,16-17,22,33,35-36,39H,5-8,11-13H2,1-4H3,(H2,30,38)/t16-,17-,22-,29-/m0/s1. The van der Waals surface area contributed by atoms with E-state index in [4.69, 9.17) is 5.73 Å². The van der Waals surface area contributed by atoms with Gasteiger partial charge in [-0.1, -0.05) is 19.9 Å². The van der Waals surface area contributed by atoms with Gasteiger partial charge in [-0.3, -0.25) is 24.2 Å². The lowest BCUT2D eigenvalue weighted by molar-refractivity contribution is -0.148. The number of likely N-dealkylation sites (tertiary alicyclic amines) is 1. The van der Waals surface area contributed by atoms with Crippen LogP contribution in [0.1, 0.15) is 54.6 Å². The molecule has 1 aromatic rings. The van der Waals surface area contributed by atoms with E-state index in [2.05, 4.69) is 18.7 Å². The fourth-order valence-electron chi connectivity index (χ4n) is 7.01. The third kappa shape index (κ3) is 4.16. The number of nitrogens with two attached hydrogens (primary N) is 1. The molecule has 0 saturated carbocycles. The summed E-state index contributed by atoms with van der Waals surface area (Å²) < 4.78 is 0. The summed E-state index contributed by atoms with van der Waals surface area (Å²) in [6, 6.07) is 2.48. The molecule has 4 aliphatic rings. The van der Waals surface area contributed by atoms with E-state index in [1.165, 1.54) is 0 Å². The number of aromatic hydroxyl groups is 1. The van der Waals surface area contributed by atoms with Crippen LogP contribution in [0.25, 0.3) is 0 Å². The average molecular weight is 540 g/mol. The van der Waals surface area contributed by atoms with Gasteiger partial charge < -0.3 is 26.2 Å². The second-order valence-corrected chi connectivity index (χ2v) is 12.6. The van der Waals surface area contributed by atoms with Crippen molar-refractivity contribution in [1.29, 1.82) is 0 Å². The largest absolute Gasteiger partial charge is 0.510 e. The van der Waals surface area contributed by atoms with Crippen molar-refractivity contribution in [3.63, 3.8) is 0 Å². The summed E-state index contributed by atoms with van der Waals surface area (Å²) in [7, 11) is 3.22. The molecular formula is C29H37N3O7. The van der Waals surface area contributed by atoms with E-state index in [0.29, 0.717) is 23.9 Å². The molecule has 1 aromatic carbocycles. The first kappa shape index (κ1) is 27.4. The molecule has 210 valence electrons. The number of hydrogen-bond donors (Lipinski definition) is 5. The zero-order chi connectivity index (χ0) is 28.6. The molecular weight excluding hydrogens is 502 g/mol. The van der Waals surface area contributed by atoms with Gasteiger partial charge in [0.25, 0.3) is 5.91 Å². The Morgan fingerprint density at radius 1 is 1.13 bits per heavy atom. The molecule has 1 heterocycles. The highest BCUT2D eigenvalue weighted by Gasteiger charge is 2.63. The number of phenols is 1. The lowest BCUT2D eigenvalue weighted by atomic mass is 9.58. The second kappa shape index (κ2) is 9.18. The van der Waals surface area contributed by atoms with Crippen molar-refractivity contribution in [2.24, 2.45) is 23.0 Å². The Balaban J connectivity index is 1.54. The quantitative estimate of drug-likeness (QED) is 0.358. The van der Waals surface area contributed by atoms with Gasteiger partial charge in [0.1, 0.15) is 22.8 Å². The molecule has 6 N–H and O–H groups in total. The first-order valence-electron chi connectivity index (χ1n) is 13.4. The minimum absolute atomic E-state index is 0.0410. The summed E-state index contributed by atoms with van der Waals surface area (Å²) in [4.78, 5) is 43.0. The normalized spacial score (nSPS) is 30.8. The van der Waals surface area contributed by atoms with Crippen LogP contribution in [0.4, 0.5) is 0 Å². The second-order valence-electron chi connectivity index (χ2n) is 12.6. The highest BCUT2D eigenvalue weighted by atomic mass is 16.3. The fourth-order valence-corrected chi connectivity index (χ4v) is 7.01. The van der Waals surface area contributed by atoms with Gasteiger partial charge in [-0.15, -0.1) is 0 Å². The number of Topliss-reactive ketones (excluding diaryl/α,β-unsaturated/α-hetero) is 2. The number of carbonyl (C=O) groups excluding carboxylic acids is 3. The molecule has 10 nitrogen and oxygen atoms in total. The molecule has 0 radical (unpaired) electrons. The van der Waals surface area contributed by atoms with Crippen molar-refractivity contribution in [2.45, 2.75) is 57.7 Å². The van der Waals surface area contributed by atoms with Crippen molar-refractivity contribution >= 4 is 17.5 Å². The molecule has 0 spiro atoms. The molecule has 5 rings (SSSR count). The van der Waals surface area contributed by atoms with Gasteiger partial charge in [-0.2, -0.15) is 0 Å². The number of benzene rings is 1. The lowest BCUT2D eigenvalue weighted by Crippen LogP contribution is -2.63. The number of phenolic OH excluding ortho intramolecular Hbond substituents is 1. The van der Waals surface area contributed by atoms with Crippen LogP contribution in [-0.4, -0.2) is 86.5 Å². The molecule has 39 heavy (non-hydrogen) atoms. The van der Waals surface area contributed by atoms with Gasteiger partial charge in [-0.25, -0.2) is 0 Å². The molecule has 1 amide bonds. The topological polar surface area (TPSA) is 165 Å². The predicted molar refractivity (Wildman–Crippen MR) is 142 cm³/mol. The van der Waals surface area contributed by atoms with Crippen molar-refractivity contribution in [2.75, 3.05) is 27.2 Å². The van der Waals surface area contributed by atoms with E-state index in [0.717, 1.165) is 31.5 Å². The number of rotatable bonds is 4. The number of allylic oxidation sites excluding steroid dienone is 1. The SMILES string of the molecule is CN(C)[C@@H]1C(O)=C(C(N)=O)C(=O)[C@@]2(O)C(O)=C3C(=O)c4c(O)cc(CN5CCC(C)(C)CC5)cc4C[C@H]3C[C@@H]12. The number of carbonyl (C=O) groups is 3. The lowest BCUT2D eigenvalue weighted by Gasteiger charge is -2.50. The summed E-state index contributed by atoms with van der Waals surface area (Å²) in [5.74, 6) is -6.37. The number of aliphatic hydroxyl groups is 3. The van der Waals surface area contributed by atoms with Crippen LogP contribution >= 0.6 is 0 Å². The third-order valence-electron chi connectivity index (χ3n) is 9.21. The Morgan fingerprint density at radius 2 is 1.77 bits per heavy atom. The third-order valence-corrected chi connectivity index (χ3v) is 9.21. The highest BCUT2D eigenvalue weighted by molar-refractivity contribution is 6.24. The minimum Gasteiger partial charge on any atom is -0.510 e. The van der Waals surface area contributed by atoms with Gasteiger partial charge in [-0.05, 0) is 81.4 Å². The van der Waals surface area contributed by atoms with Crippen molar-refractivity contribution in [3.05, 3.63) is 51.5 Å². The maximum atomic E-state index is 13.7. The van der Waals surface area contributed by atoms with E-state index >= 15 is 0 Å². The summed E-state index contributed by atoms with van der Waals surface area (Å²) in [6.07, 6.45) is 2.53. The monoisotopic (exact) mass is 539 g/mol. The summed E-state index contributed by atoms with van der Waals surface area (Å²) in [6.45, 7) is 7.04. The maximum absolute atomic E-state index is 13.7. The fraction of sp³-hybridized carbons (Fsp3) is 0.552. The summed E-state index contributed by atoms with van der Waals surface area (Å²) in [5, 5.41) is 44.8. The van der Waals surface area contributed by atoms with Gasteiger partial charge >= 0.3 is 0 Å². The van der Waals surface area contributed by atoms with Gasteiger partial charge in [0, 0.05) is 18.0 Å². The Labute approximate surface area is 227 Å².